The smallest absolute Gasteiger partial charge is 0.308 e. The maximum atomic E-state index is 11.1. The van der Waals surface area contributed by atoms with Crippen molar-refractivity contribution in [2.45, 2.75) is 39.0 Å². The van der Waals surface area contributed by atoms with E-state index in [1.54, 1.807) is 6.92 Å². The van der Waals surface area contributed by atoms with Crippen LogP contribution in [0.25, 0.3) is 0 Å². The fraction of sp³-hybridized carbons (Fsp3) is 0.968. The Balaban J connectivity index is 3.05. The van der Waals surface area contributed by atoms with Crippen LogP contribution < -0.4 is 0 Å². The molecule has 45 heavy (non-hydrogen) atoms. The molecule has 0 unspecified atom stereocenters. The molecule has 0 atom stereocenters. The normalized spacial score (nSPS) is 11.4. The largest absolute Gasteiger partial charge is 0.466 e. The van der Waals surface area contributed by atoms with Gasteiger partial charge in [0.05, 0.1) is 152 Å². The van der Waals surface area contributed by atoms with Gasteiger partial charge in [-0.15, -0.1) is 11.6 Å². The Kier molecular flexibility index (Phi) is 40.7. The molecule has 14 heteroatoms. The SMILES string of the molecule is CCOC(=O)CCOCCOCCOCCOCCOCCOCCOCCOCCOCCOCCOCCCCCCCl. The van der Waals surface area contributed by atoms with Crippen LogP contribution in [0.2, 0.25) is 0 Å². The number of carbonyl (C=O) groups is 1. The number of alkyl halides is 1. The summed E-state index contributed by atoms with van der Waals surface area (Å²) in [5.74, 6) is 0.491. The van der Waals surface area contributed by atoms with E-state index in [9.17, 15) is 4.79 Å². The molecule has 0 spiro atoms. The summed E-state index contributed by atoms with van der Waals surface area (Å²) in [6, 6.07) is 0. The number of unbranched alkanes of at least 4 members (excludes halogenated alkanes) is 3. The second-order valence-electron chi connectivity index (χ2n) is 9.39. The topological polar surface area (TPSA) is 128 Å². The molecule has 270 valence electrons. The van der Waals surface area contributed by atoms with Gasteiger partial charge in [-0.3, -0.25) is 4.79 Å². The number of hydrogen-bond donors (Lipinski definition) is 0. The Morgan fingerprint density at radius 2 is 0.644 bits per heavy atom. The van der Waals surface area contributed by atoms with Crippen molar-refractivity contribution in [2.75, 3.05) is 158 Å². The van der Waals surface area contributed by atoms with Crippen LogP contribution in [-0.4, -0.2) is 164 Å². The number of carbonyl (C=O) groups excluding carboxylic acids is 1. The molecule has 0 N–H and O–H groups in total. The van der Waals surface area contributed by atoms with Crippen molar-refractivity contribution in [3.63, 3.8) is 0 Å². The number of ether oxygens (including phenoxy) is 12. The van der Waals surface area contributed by atoms with Crippen LogP contribution in [0.15, 0.2) is 0 Å². The van der Waals surface area contributed by atoms with Crippen molar-refractivity contribution in [1.82, 2.24) is 0 Å². The minimum Gasteiger partial charge on any atom is -0.466 e. The van der Waals surface area contributed by atoms with Gasteiger partial charge in [-0.1, -0.05) is 12.8 Å². The van der Waals surface area contributed by atoms with Gasteiger partial charge in [0, 0.05) is 12.5 Å². The predicted octanol–water partition coefficient (Wildman–Crippen LogP) is 2.92. The van der Waals surface area contributed by atoms with Crippen molar-refractivity contribution in [3.05, 3.63) is 0 Å². The molecule has 0 saturated carbocycles. The average molecular weight is 677 g/mol. The summed E-state index contributed by atoms with van der Waals surface area (Å²) in [6.07, 6.45) is 4.75. The first-order chi connectivity index (χ1) is 22.3. The van der Waals surface area contributed by atoms with Crippen molar-refractivity contribution in [2.24, 2.45) is 0 Å². The summed E-state index contributed by atoms with van der Waals surface area (Å²) < 4.78 is 64.8. The monoisotopic (exact) mass is 676 g/mol. The third kappa shape index (κ3) is 41.3. The molecule has 13 nitrogen and oxygen atoms in total. The molecule has 0 aliphatic carbocycles. The highest BCUT2D eigenvalue weighted by atomic mass is 35.5. The maximum Gasteiger partial charge on any atom is 0.308 e. The molecule has 0 aromatic carbocycles. The highest BCUT2D eigenvalue weighted by molar-refractivity contribution is 6.17. The van der Waals surface area contributed by atoms with Gasteiger partial charge in [0.25, 0.3) is 0 Å². The van der Waals surface area contributed by atoms with Crippen LogP contribution >= 0.6 is 11.6 Å². The van der Waals surface area contributed by atoms with Crippen molar-refractivity contribution >= 4 is 17.6 Å². The van der Waals surface area contributed by atoms with Gasteiger partial charge in [-0.2, -0.15) is 0 Å². The fourth-order valence-electron chi connectivity index (χ4n) is 3.34. The molecule has 0 aliphatic rings. The molecule has 0 radical (unpaired) electrons. The van der Waals surface area contributed by atoms with E-state index < -0.39 is 0 Å². The third-order valence-electron chi connectivity index (χ3n) is 5.65. The lowest BCUT2D eigenvalue weighted by molar-refractivity contribution is -0.144. The molecule has 0 fully saturated rings. The first-order valence-electron chi connectivity index (χ1n) is 16.4. The lowest BCUT2D eigenvalue weighted by atomic mass is 10.2. The van der Waals surface area contributed by atoms with E-state index in [0.29, 0.717) is 145 Å². The van der Waals surface area contributed by atoms with E-state index in [1.807, 2.05) is 0 Å². The number of esters is 1. The fourth-order valence-corrected chi connectivity index (χ4v) is 3.53. The van der Waals surface area contributed by atoms with Crippen LogP contribution in [-0.2, 0) is 61.6 Å². The summed E-state index contributed by atoms with van der Waals surface area (Å²) >= 11 is 5.65. The quantitative estimate of drug-likeness (QED) is 0.0537. The molecular formula is C31H61ClO13. The molecule has 0 aromatic rings. The Labute approximate surface area is 276 Å². The van der Waals surface area contributed by atoms with Gasteiger partial charge < -0.3 is 56.8 Å². The van der Waals surface area contributed by atoms with Crippen LogP contribution in [0.3, 0.4) is 0 Å². The van der Waals surface area contributed by atoms with Crippen molar-refractivity contribution in [1.29, 1.82) is 0 Å². The van der Waals surface area contributed by atoms with Crippen LogP contribution in [0.5, 0.6) is 0 Å². The molecule has 0 amide bonds. The first-order valence-corrected chi connectivity index (χ1v) is 16.9. The van der Waals surface area contributed by atoms with Gasteiger partial charge in [0.2, 0.25) is 0 Å². The standard InChI is InChI=1S/C31H61ClO13/c1-2-45-31(33)7-10-35-12-14-37-16-18-39-20-22-41-24-26-43-28-30-44-29-27-42-25-23-40-21-19-38-17-15-36-13-11-34-9-6-4-3-5-8-32/h2-30H2,1H3. The van der Waals surface area contributed by atoms with Gasteiger partial charge in [-0.25, -0.2) is 0 Å². The number of hydrogen-bond acceptors (Lipinski definition) is 13. The first kappa shape index (κ1) is 44.3. The van der Waals surface area contributed by atoms with E-state index in [0.717, 1.165) is 25.3 Å². The minimum absolute atomic E-state index is 0.250. The third-order valence-corrected chi connectivity index (χ3v) is 5.92. The zero-order valence-corrected chi connectivity index (χ0v) is 28.4. The Morgan fingerprint density at radius 1 is 0.378 bits per heavy atom. The second kappa shape index (κ2) is 41.3. The van der Waals surface area contributed by atoms with E-state index in [-0.39, 0.29) is 12.4 Å². The van der Waals surface area contributed by atoms with Gasteiger partial charge in [0.15, 0.2) is 0 Å². The molecule has 0 aromatic heterocycles. The lowest BCUT2D eigenvalue weighted by Gasteiger charge is -2.09. The Morgan fingerprint density at radius 3 is 0.933 bits per heavy atom. The summed E-state index contributed by atoms with van der Waals surface area (Å²) in [5.41, 5.74) is 0. The molecule has 0 bridgehead atoms. The van der Waals surface area contributed by atoms with Gasteiger partial charge in [0.1, 0.15) is 0 Å². The highest BCUT2D eigenvalue weighted by Gasteiger charge is 2.01. The van der Waals surface area contributed by atoms with Crippen LogP contribution in [0.4, 0.5) is 0 Å². The van der Waals surface area contributed by atoms with E-state index >= 15 is 0 Å². The molecule has 0 saturated heterocycles. The summed E-state index contributed by atoms with van der Waals surface area (Å²) in [4.78, 5) is 11.1. The second-order valence-corrected chi connectivity index (χ2v) is 9.77. The Hall–Kier alpha value is -0.680. The van der Waals surface area contributed by atoms with Gasteiger partial charge >= 0.3 is 5.97 Å². The zero-order chi connectivity index (χ0) is 32.6. The summed E-state index contributed by atoms with van der Waals surface area (Å²) in [6.45, 7) is 13.5. The van der Waals surface area contributed by atoms with Gasteiger partial charge in [-0.05, 0) is 19.8 Å². The summed E-state index contributed by atoms with van der Waals surface area (Å²) in [5, 5.41) is 0. The lowest BCUT2D eigenvalue weighted by Crippen LogP contribution is -2.15. The van der Waals surface area contributed by atoms with E-state index in [2.05, 4.69) is 0 Å². The van der Waals surface area contributed by atoms with E-state index in [4.69, 9.17) is 68.4 Å². The van der Waals surface area contributed by atoms with Crippen LogP contribution in [0, 0.1) is 0 Å². The zero-order valence-electron chi connectivity index (χ0n) is 27.7. The maximum absolute atomic E-state index is 11.1. The number of halogens is 1. The Bertz CT molecular complexity index is 564. The minimum atomic E-state index is -0.250. The average Bonchev–Trinajstić information content (AvgIpc) is 3.04. The predicted molar refractivity (Wildman–Crippen MR) is 169 cm³/mol. The molecule has 0 heterocycles. The number of rotatable bonds is 40. The molecule has 0 rings (SSSR count). The van der Waals surface area contributed by atoms with Crippen LogP contribution in [0.1, 0.15) is 39.0 Å². The van der Waals surface area contributed by atoms with E-state index in [1.165, 1.54) is 12.8 Å². The molecule has 0 aliphatic heterocycles. The summed E-state index contributed by atoms with van der Waals surface area (Å²) in [7, 11) is 0. The van der Waals surface area contributed by atoms with Crippen molar-refractivity contribution < 1.29 is 61.6 Å². The van der Waals surface area contributed by atoms with Crippen molar-refractivity contribution in [3.8, 4) is 0 Å². The molecular weight excluding hydrogens is 616 g/mol. The highest BCUT2D eigenvalue weighted by Crippen LogP contribution is 2.01.